The normalized spacial score (nSPS) is 14.0. The predicted octanol–water partition coefficient (Wildman–Crippen LogP) is 4.19. The quantitative estimate of drug-likeness (QED) is 0.525. The van der Waals surface area contributed by atoms with Crippen molar-refractivity contribution in [2.24, 2.45) is 5.92 Å². The van der Waals surface area contributed by atoms with Crippen molar-refractivity contribution in [3.8, 4) is 11.5 Å². The van der Waals surface area contributed by atoms with E-state index in [-0.39, 0.29) is 35.3 Å². The van der Waals surface area contributed by atoms with E-state index in [4.69, 9.17) is 9.47 Å². The van der Waals surface area contributed by atoms with E-state index in [0.29, 0.717) is 0 Å². The first-order chi connectivity index (χ1) is 13.6. The van der Waals surface area contributed by atoms with Crippen LogP contribution in [0.3, 0.4) is 0 Å². The molecule has 0 saturated heterocycles. The highest BCUT2D eigenvalue weighted by Crippen LogP contribution is 2.30. The van der Waals surface area contributed by atoms with Gasteiger partial charge in [0.15, 0.2) is 23.0 Å². The lowest BCUT2D eigenvalue weighted by Crippen LogP contribution is -2.26. The van der Waals surface area contributed by atoms with Gasteiger partial charge in [0.25, 0.3) is 0 Å². The molecule has 6 nitrogen and oxygen atoms in total. The van der Waals surface area contributed by atoms with E-state index >= 15 is 0 Å². The van der Waals surface area contributed by atoms with Crippen molar-refractivity contribution in [2.75, 3.05) is 7.11 Å². The Morgan fingerprint density at radius 1 is 1.21 bits per heavy atom. The van der Waals surface area contributed by atoms with Crippen molar-refractivity contribution in [1.29, 1.82) is 0 Å². The lowest BCUT2D eigenvalue weighted by atomic mass is 9.92. The summed E-state index contributed by atoms with van der Waals surface area (Å²) in [4.78, 5) is 28.8. The molecule has 0 radical (unpaired) electrons. The minimum atomic E-state index is -0.723. The minimum absolute atomic E-state index is 0.135. The van der Waals surface area contributed by atoms with Gasteiger partial charge in [-0.3, -0.25) is 9.59 Å². The van der Waals surface area contributed by atoms with E-state index in [1.54, 1.807) is 26.8 Å². The van der Waals surface area contributed by atoms with Crippen molar-refractivity contribution in [3.63, 3.8) is 0 Å². The van der Waals surface area contributed by atoms with Crippen LogP contribution in [-0.2, 0) is 9.53 Å². The Bertz CT molecular complexity index is 899. The number of ether oxygens (including phenoxy) is 2. The molecule has 0 aliphatic rings. The van der Waals surface area contributed by atoms with Gasteiger partial charge in [-0.25, -0.2) is 9.37 Å². The summed E-state index contributed by atoms with van der Waals surface area (Å²) in [7, 11) is 1.37. The molecule has 1 heterocycles. The third-order valence-corrected chi connectivity index (χ3v) is 4.99. The van der Waals surface area contributed by atoms with Gasteiger partial charge >= 0.3 is 5.97 Å². The first-order valence-corrected chi connectivity index (χ1v) is 9.37. The van der Waals surface area contributed by atoms with Crippen molar-refractivity contribution < 1.29 is 28.6 Å². The number of aromatic nitrogens is 1. The van der Waals surface area contributed by atoms with E-state index in [2.05, 4.69) is 4.98 Å². The minimum Gasteiger partial charge on any atom is -0.503 e. The number of carbonyl (C=O) groups excluding carboxylic acids is 2. The van der Waals surface area contributed by atoms with E-state index in [1.807, 2.05) is 6.92 Å². The second-order valence-electron chi connectivity index (χ2n) is 7.17. The van der Waals surface area contributed by atoms with Gasteiger partial charge in [-0.2, -0.15) is 0 Å². The molecule has 0 saturated carbocycles. The average molecular weight is 403 g/mol. The number of halogens is 1. The van der Waals surface area contributed by atoms with Gasteiger partial charge in [0.1, 0.15) is 11.9 Å². The number of hydrogen-bond acceptors (Lipinski definition) is 6. The average Bonchev–Trinajstić information content (AvgIpc) is 2.67. The summed E-state index contributed by atoms with van der Waals surface area (Å²) in [5, 5.41) is 10.0. The van der Waals surface area contributed by atoms with E-state index in [0.717, 1.165) is 11.1 Å². The summed E-state index contributed by atoms with van der Waals surface area (Å²) in [6.07, 6.45) is 0.722. The number of esters is 1. The number of aromatic hydroxyl groups is 1. The standard InChI is InChI=1S/C22H26FNO5/c1-12-10-16(23)6-7-17(12)14(3)15(4)29-22(27)13(2)11-18(25)20-21(26)19(28-5)8-9-24-20/h6-10,13-15,26H,11H2,1-5H3/t13-,14-,15+/m0/s1. The zero-order chi connectivity index (χ0) is 21.7. The summed E-state index contributed by atoms with van der Waals surface area (Å²) < 4.78 is 23.8. The molecule has 7 heteroatoms. The molecule has 156 valence electrons. The van der Waals surface area contributed by atoms with Crippen molar-refractivity contribution >= 4 is 11.8 Å². The van der Waals surface area contributed by atoms with Crippen LogP contribution in [0.4, 0.5) is 4.39 Å². The lowest BCUT2D eigenvalue weighted by Gasteiger charge is -2.24. The molecule has 1 aromatic carbocycles. The summed E-state index contributed by atoms with van der Waals surface area (Å²) in [6, 6.07) is 5.94. The van der Waals surface area contributed by atoms with Crippen LogP contribution in [0, 0.1) is 18.7 Å². The molecule has 0 amide bonds. The predicted molar refractivity (Wildman–Crippen MR) is 106 cm³/mol. The number of rotatable bonds is 8. The first kappa shape index (κ1) is 22.3. The number of methoxy groups -OCH3 is 1. The Kier molecular flexibility index (Phi) is 7.31. The molecule has 0 bridgehead atoms. The van der Waals surface area contributed by atoms with Crippen molar-refractivity contribution in [3.05, 3.63) is 53.1 Å². The maximum absolute atomic E-state index is 13.3. The van der Waals surface area contributed by atoms with E-state index in [9.17, 15) is 19.1 Å². The molecule has 29 heavy (non-hydrogen) atoms. The third kappa shape index (κ3) is 5.31. The van der Waals surface area contributed by atoms with Crippen LogP contribution in [0.25, 0.3) is 0 Å². The Morgan fingerprint density at radius 3 is 2.52 bits per heavy atom. The van der Waals surface area contributed by atoms with Gasteiger partial charge in [0.2, 0.25) is 0 Å². The van der Waals surface area contributed by atoms with Crippen LogP contribution in [0.5, 0.6) is 11.5 Å². The number of nitrogens with zero attached hydrogens (tertiary/aromatic N) is 1. The first-order valence-electron chi connectivity index (χ1n) is 9.37. The fourth-order valence-electron chi connectivity index (χ4n) is 3.07. The van der Waals surface area contributed by atoms with Crippen LogP contribution >= 0.6 is 0 Å². The fraction of sp³-hybridized carbons (Fsp3) is 0.409. The number of aryl methyl sites for hydroxylation is 1. The van der Waals surface area contributed by atoms with Crippen LogP contribution in [0.2, 0.25) is 0 Å². The topological polar surface area (TPSA) is 85.7 Å². The van der Waals surface area contributed by atoms with Crippen LogP contribution in [0.1, 0.15) is 54.7 Å². The summed E-state index contributed by atoms with van der Waals surface area (Å²) in [5.41, 5.74) is 1.52. The SMILES string of the molecule is COc1ccnc(C(=O)C[C@H](C)C(=O)O[C@H](C)[C@H](C)c2ccc(F)cc2C)c1O. The molecule has 0 unspecified atom stereocenters. The molecule has 0 fully saturated rings. The molecule has 0 aliphatic heterocycles. The Morgan fingerprint density at radius 2 is 1.90 bits per heavy atom. The fourth-order valence-corrected chi connectivity index (χ4v) is 3.07. The maximum Gasteiger partial charge on any atom is 0.309 e. The third-order valence-electron chi connectivity index (χ3n) is 4.99. The molecule has 0 spiro atoms. The number of carbonyl (C=O) groups is 2. The number of hydrogen-bond donors (Lipinski definition) is 1. The summed E-state index contributed by atoms with van der Waals surface area (Å²) >= 11 is 0. The van der Waals surface area contributed by atoms with E-state index in [1.165, 1.54) is 31.5 Å². The Balaban J connectivity index is 2.02. The number of Topliss-reactive ketones (excluding diaryl/α,β-unsaturated/α-hetero) is 1. The maximum atomic E-state index is 13.3. The highest BCUT2D eigenvalue weighted by atomic mass is 19.1. The summed E-state index contributed by atoms with van der Waals surface area (Å²) in [5.74, 6) is -2.42. The number of ketones is 1. The van der Waals surface area contributed by atoms with Gasteiger partial charge in [0.05, 0.1) is 13.0 Å². The van der Waals surface area contributed by atoms with Crippen LogP contribution < -0.4 is 4.74 Å². The molecule has 1 N–H and O–H groups in total. The van der Waals surface area contributed by atoms with Crippen molar-refractivity contribution in [1.82, 2.24) is 4.98 Å². The molecular weight excluding hydrogens is 377 g/mol. The Labute approximate surface area is 169 Å². The molecule has 0 aliphatic carbocycles. The molecule has 1 aromatic heterocycles. The monoisotopic (exact) mass is 403 g/mol. The molecule has 3 atom stereocenters. The van der Waals surface area contributed by atoms with Gasteiger partial charge < -0.3 is 14.6 Å². The molecular formula is C22H26FNO5. The zero-order valence-electron chi connectivity index (χ0n) is 17.2. The lowest BCUT2D eigenvalue weighted by molar-refractivity contribution is -0.153. The Hall–Kier alpha value is -2.96. The van der Waals surface area contributed by atoms with Gasteiger partial charge in [0, 0.05) is 24.6 Å². The van der Waals surface area contributed by atoms with Crippen molar-refractivity contribution in [2.45, 2.75) is 46.1 Å². The number of benzene rings is 1. The smallest absolute Gasteiger partial charge is 0.309 e. The summed E-state index contributed by atoms with van der Waals surface area (Å²) in [6.45, 7) is 7.04. The molecule has 2 rings (SSSR count). The second-order valence-corrected chi connectivity index (χ2v) is 7.17. The second kappa shape index (κ2) is 9.49. The highest BCUT2D eigenvalue weighted by Gasteiger charge is 2.26. The van der Waals surface area contributed by atoms with Crippen LogP contribution in [0.15, 0.2) is 30.5 Å². The van der Waals surface area contributed by atoms with Gasteiger partial charge in [-0.1, -0.05) is 19.9 Å². The number of pyridine rings is 1. The highest BCUT2D eigenvalue weighted by molar-refractivity contribution is 5.99. The van der Waals surface area contributed by atoms with E-state index < -0.39 is 23.8 Å². The zero-order valence-corrected chi connectivity index (χ0v) is 17.2. The van der Waals surface area contributed by atoms with Gasteiger partial charge in [-0.05, 0) is 37.1 Å². The van der Waals surface area contributed by atoms with Crippen LogP contribution in [-0.4, -0.2) is 35.1 Å². The van der Waals surface area contributed by atoms with Gasteiger partial charge in [-0.15, -0.1) is 0 Å². The molecule has 2 aromatic rings. The largest absolute Gasteiger partial charge is 0.503 e.